The molecule has 0 amide bonds. The first-order valence-corrected chi connectivity index (χ1v) is 7.06. The van der Waals surface area contributed by atoms with Crippen molar-refractivity contribution in [3.63, 3.8) is 0 Å². The van der Waals surface area contributed by atoms with Gasteiger partial charge in [-0.3, -0.25) is 9.59 Å². The zero-order valence-corrected chi connectivity index (χ0v) is 11.6. The molecule has 0 aromatic heterocycles. The van der Waals surface area contributed by atoms with E-state index in [0.29, 0.717) is 25.7 Å². The highest BCUT2D eigenvalue weighted by Crippen LogP contribution is 2.32. The van der Waals surface area contributed by atoms with Gasteiger partial charge in [0, 0.05) is 19.8 Å². The Labute approximate surface area is 117 Å². The molecule has 4 atom stereocenters. The van der Waals surface area contributed by atoms with Crippen LogP contribution in [0.25, 0.3) is 0 Å². The van der Waals surface area contributed by atoms with Crippen molar-refractivity contribution in [1.29, 1.82) is 0 Å². The van der Waals surface area contributed by atoms with Gasteiger partial charge in [-0.05, 0) is 25.7 Å². The monoisotopic (exact) mass is 284 g/mol. The van der Waals surface area contributed by atoms with Crippen molar-refractivity contribution in [2.24, 2.45) is 0 Å². The van der Waals surface area contributed by atoms with Crippen LogP contribution in [-0.2, 0) is 28.6 Å². The molecule has 2 fully saturated rings. The summed E-state index contributed by atoms with van der Waals surface area (Å²) in [5.41, 5.74) is 0. The Bertz CT molecular complexity index is 380. The number of hydrogen-bond acceptors (Lipinski definition) is 6. The third-order valence-corrected chi connectivity index (χ3v) is 3.72. The fraction of sp³-hybridized carbons (Fsp3) is 0.786. The van der Waals surface area contributed by atoms with Crippen molar-refractivity contribution in [2.75, 3.05) is 0 Å². The minimum atomic E-state index is -0.403. The Morgan fingerprint density at radius 2 is 2.20 bits per heavy atom. The van der Waals surface area contributed by atoms with Crippen LogP contribution in [0.1, 0.15) is 45.4 Å². The average Bonchev–Trinajstić information content (AvgIpc) is 3.02. The van der Waals surface area contributed by atoms with Crippen molar-refractivity contribution < 1.29 is 28.6 Å². The van der Waals surface area contributed by atoms with Gasteiger partial charge in [0.05, 0.1) is 12.2 Å². The van der Waals surface area contributed by atoms with Crippen LogP contribution in [0.3, 0.4) is 0 Å². The number of carbonyl (C=O) groups excluding carboxylic acids is 3. The van der Waals surface area contributed by atoms with E-state index in [9.17, 15) is 14.4 Å². The van der Waals surface area contributed by atoms with E-state index in [1.165, 1.54) is 6.92 Å². The van der Waals surface area contributed by atoms with E-state index in [4.69, 9.17) is 14.2 Å². The lowest BCUT2D eigenvalue weighted by Crippen LogP contribution is -2.33. The zero-order valence-electron chi connectivity index (χ0n) is 11.6. The van der Waals surface area contributed by atoms with Gasteiger partial charge < -0.3 is 19.0 Å². The van der Waals surface area contributed by atoms with Crippen molar-refractivity contribution in [3.05, 3.63) is 0 Å². The normalized spacial score (nSPS) is 30.9. The average molecular weight is 284 g/mol. The summed E-state index contributed by atoms with van der Waals surface area (Å²) in [6, 6.07) is 0. The second-order valence-electron chi connectivity index (χ2n) is 5.25. The number of cyclic esters (lactones) is 1. The van der Waals surface area contributed by atoms with Crippen molar-refractivity contribution in [1.82, 2.24) is 0 Å². The molecule has 0 spiro atoms. The van der Waals surface area contributed by atoms with Crippen molar-refractivity contribution in [2.45, 2.75) is 69.9 Å². The molecule has 2 rings (SSSR count). The zero-order chi connectivity index (χ0) is 14.5. The van der Waals surface area contributed by atoms with E-state index in [0.717, 1.165) is 19.1 Å². The fourth-order valence-corrected chi connectivity index (χ4v) is 2.81. The molecule has 0 aromatic rings. The third kappa shape index (κ3) is 3.79. The standard InChI is InChI=1S/C14H20O6/c1-9(16)18-10(3-2-8-15)11-4-5-12(19-11)13-6-7-14(17)20-13/h8,10-13H,2-7H2,1H3/t10-,11-,12+,13+/m0/s1. The Kier molecular flexibility index (Phi) is 5.11. The van der Waals surface area contributed by atoms with E-state index in [1.54, 1.807) is 0 Å². The maximum atomic E-state index is 11.1. The fourth-order valence-electron chi connectivity index (χ4n) is 2.81. The summed E-state index contributed by atoms with van der Waals surface area (Å²) in [6.45, 7) is 1.35. The summed E-state index contributed by atoms with van der Waals surface area (Å²) in [4.78, 5) is 32.7. The lowest BCUT2D eigenvalue weighted by Gasteiger charge is -2.24. The third-order valence-electron chi connectivity index (χ3n) is 3.72. The summed E-state index contributed by atoms with van der Waals surface area (Å²) < 4.78 is 16.3. The molecule has 6 heteroatoms. The molecule has 2 aliphatic heterocycles. The van der Waals surface area contributed by atoms with Gasteiger partial charge in [0.15, 0.2) is 0 Å². The van der Waals surface area contributed by atoms with E-state index in [2.05, 4.69) is 0 Å². The Morgan fingerprint density at radius 3 is 2.80 bits per heavy atom. The molecule has 0 aliphatic carbocycles. The van der Waals surface area contributed by atoms with Crippen LogP contribution >= 0.6 is 0 Å². The highest BCUT2D eigenvalue weighted by atomic mass is 16.6. The molecule has 20 heavy (non-hydrogen) atoms. The smallest absolute Gasteiger partial charge is 0.306 e. The molecule has 2 saturated heterocycles. The molecule has 2 heterocycles. The minimum Gasteiger partial charge on any atom is -0.460 e. The second-order valence-corrected chi connectivity index (χ2v) is 5.25. The number of esters is 2. The Hall–Kier alpha value is -1.43. The van der Waals surface area contributed by atoms with Gasteiger partial charge in [-0.2, -0.15) is 0 Å². The molecule has 0 unspecified atom stereocenters. The highest BCUT2D eigenvalue weighted by Gasteiger charge is 2.40. The van der Waals surface area contributed by atoms with Crippen LogP contribution in [0.4, 0.5) is 0 Å². The van der Waals surface area contributed by atoms with Gasteiger partial charge in [0.25, 0.3) is 0 Å². The molecule has 0 aromatic carbocycles. The van der Waals surface area contributed by atoms with Gasteiger partial charge in [0.1, 0.15) is 18.5 Å². The van der Waals surface area contributed by atoms with Crippen molar-refractivity contribution >= 4 is 18.2 Å². The Balaban J connectivity index is 1.89. The largest absolute Gasteiger partial charge is 0.460 e. The van der Waals surface area contributed by atoms with Crippen LogP contribution in [0.5, 0.6) is 0 Å². The first-order valence-electron chi connectivity index (χ1n) is 7.06. The number of rotatable bonds is 6. The van der Waals surface area contributed by atoms with E-state index < -0.39 is 6.10 Å². The van der Waals surface area contributed by atoms with E-state index >= 15 is 0 Å². The summed E-state index contributed by atoms with van der Waals surface area (Å²) in [5.74, 6) is -0.556. The van der Waals surface area contributed by atoms with Gasteiger partial charge in [-0.25, -0.2) is 0 Å². The predicted octanol–water partition coefficient (Wildman–Crippen LogP) is 1.15. The molecule has 2 aliphatic rings. The summed E-state index contributed by atoms with van der Waals surface area (Å²) in [7, 11) is 0. The molecule has 0 N–H and O–H groups in total. The first-order chi connectivity index (χ1) is 9.60. The van der Waals surface area contributed by atoms with Crippen LogP contribution in [0.2, 0.25) is 0 Å². The summed E-state index contributed by atoms with van der Waals surface area (Å²) in [6.07, 6.45) is 3.32. The first kappa shape index (κ1) is 15.0. The lowest BCUT2D eigenvalue weighted by molar-refractivity contribution is -0.159. The highest BCUT2D eigenvalue weighted by molar-refractivity contribution is 5.71. The number of aldehydes is 1. The molecule has 0 saturated carbocycles. The SMILES string of the molecule is CC(=O)O[C@@H](CCC=O)[C@@H]1CC[C@H]([C@H]2CCC(=O)O2)O1. The Morgan fingerprint density at radius 1 is 1.40 bits per heavy atom. The van der Waals surface area contributed by atoms with Crippen molar-refractivity contribution in [3.8, 4) is 0 Å². The van der Waals surface area contributed by atoms with Crippen LogP contribution in [0.15, 0.2) is 0 Å². The second kappa shape index (κ2) is 6.83. The molecular formula is C14H20O6. The van der Waals surface area contributed by atoms with Gasteiger partial charge in [-0.1, -0.05) is 0 Å². The van der Waals surface area contributed by atoms with Gasteiger partial charge in [0.2, 0.25) is 0 Å². The molecule has 112 valence electrons. The lowest BCUT2D eigenvalue weighted by atomic mass is 10.0. The topological polar surface area (TPSA) is 78.9 Å². The van der Waals surface area contributed by atoms with E-state index in [-0.39, 0.29) is 30.3 Å². The number of hydrogen-bond donors (Lipinski definition) is 0. The molecule has 6 nitrogen and oxygen atoms in total. The molecule has 0 radical (unpaired) electrons. The van der Waals surface area contributed by atoms with Gasteiger partial charge >= 0.3 is 11.9 Å². The van der Waals surface area contributed by atoms with Gasteiger partial charge in [-0.15, -0.1) is 0 Å². The van der Waals surface area contributed by atoms with Crippen LogP contribution < -0.4 is 0 Å². The van der Waals surface area contributed by atoms with Crippen LogP contribution in [-0.4, -0.2) is 42.6 Å². The molecular weight excluding hydrogens is 264 g/mol. The van der Waals surface area contributed by atoms with E-state index in [1.807, 2.05) is 0 Å². The predicted molar refractivity (Wildman–Crippen MR) is 67.9 cm³/mol. The summed E-state index contributed by atoms with van der Waals surface area (Å²) >= 11 is 0. The maximum absolute atomic E-state index is 11.1. The maximum Gasteiger partial charge on any atom is 0.306 e. The number of ether oxygens (including phenoxy) is 3. The quantitative estimate of drug-likeness (QED) is 0.538. The molecule has 0 bridgehead atoms. The number of carbonyl (C=O) groups is 3. The van der Waals surface area contributed by atoms with Crippen LogP contribution in [0, 0.1) is 0 Å². The minimum absolute atomic E-state index is 0.124. The summed E-state index contributed by atoms with van der Waals surface area (Å²) in [5, 5.41) is 0.